The first-order valence-electron chi connectivity index (χ1n) is 12.0. The Morgan fingerprint density at radius 1 is 1.03 bits per heavy atom. The molecule has 1 unspecified atom stereocenters. The quantitative estimate of drug-likeness (QED) is 0.599. The van der Waals surface area contributed by atoms with E-state index >= 15 is 0 Å². The summed E-state index contributed by atoms with van der Waals surface area (Å²) in [5.41, 5.74) is 2.38. The molecule has 3 aromatic rings. The molecule has 0 radical (unpaired) electrons. The van der Waals surface area contributed by atoms with E-state index in [-0.39, 0.29) is 11.9 Å². The molecule has 34 heavy (non-hydrogen) atoms. The Morgan fingerprint density at radius 2 is 1.85 bits per heavy atom. The number of pyridine rings is 1. The number of carbonyl (C=O) groups excluding carboxylic acids is 1. The molecule has 2 aliphatic heterocycles. The van der Waals surface area contributed by atoms with Crippen LogP contribution in [0.4, 0.5) is 11.8 Å². The Labute approximate surface area is 199 Å². The Kier molecular flexibility index (Phi) is 6.71. The van der Waals surface area contributed by atoms with Gasteiger partial charge in [-0.1, -0.05) is 13.0 Å². The molecule has 3 aromatic heterocycles. The highest BCUT2D eigenvalue weighted by Gasteiger charge is 2.28. The van der Waals surface area contributed by atoms with E-state index in [9.17, 15) is 4.79 Å². The molecule has 0 saturated carbocycles. The van der Waals surface area contributed by atoms with Crippen molar-refractivity contribution in [2.45, 2.75) is 45.2 Å². The average Bonchev–Trinajstić information content (AvgIpc) is 3.34. The minimum absolute atomic E-state index is 0.160. The van der Waals surface area contributed by atoms with Gasteiger partial charge >= 0.3 is 0 Å². The second kappa shape index (κ2) is 10.2. The molecule has 2 saturated heterocycles. The molecule has 1 N–H and O–H groups in total. The summed E-state index contributed by atoms with van der Waals surface area (Å²) in [5, 5.41) is 2.75. The van der Waals surface area contributed by atoms with E-state index in [4.69, 9.17) is 0 Å². The van der Waals surface area contributed by atoms with Gasteiger partial charge in [-0.2, -0.15) is 0 Å². The number of anilines is 2. The van der Waals surface area contributed by atoms with Crippen molar-refractivity contribution in [2.75, 3.05) is 29.9 Å². The number of aromatic nitrogens is 5. The fourth-order valence-electron chi connectivity index (χ4n) is 4.69. The second-order valence-corrected chi connectivity index (χ2v) is 9.18. The number of carbonyl (C=O) groups is 1. The molecule has 1 amide bonds. The van der Waals surface area contributed by atoms with Crippen LogP contribution in [-0.2, 0) is 6.54 Å². The molecule has 0 spiro atoms. The summed E-state index contributed by atoms with van der Waals surface area (Å²) < 4.78 is 0. The molecule has 5 rings (SSSR count). The Hall–Kier alpha value is -3.46. The van der Waals surface area contributed by atoms with Gasteiger partial charge in [-0.25, -0.2) is 19.9 Å². The van der Waals surface area contributed by atoms with Crippen molar-refractivity contribution in [3.8, 4) is 0 Å². The maximum Gasteiger partial charge on any atom is 0.275 e. The SMILES string of the molecule is CC1CCN(c2ncc(CN3CCCC3c3cccc(C(=O)Nc4cnccn4)n3)cn2)CC1. The molecule has 9 nitrogen and oxygen atoms in total. The minimum atomic E-state index is -0.289. The maximum atomic E-state index is 12.7. The van der Waals surface area contributed by atoms with Gasteiger partial charge in [-0.3, -0.25) is 14.7 Å². The molecule has 0 bridgehead atoms. The van der Waals surface area contributed by atoms with Gasteiger partial charge < -0.3 is 10.2 Å². The zero-order valence-electron chi connectivity index (χ0n) is 19.5. The van der Waals surface area contributed by atoms with Crippen molar-refractivity contribution in [2.24, 2.45) is 5.92 Å². The molecule has 2 fully saturated rings. The lowest BCUT2D eigenvalue weighted by molar-refractivity contribution is 0.102. The molecule has 9 heteroatoms. The summed E-state index contributed by atoms with van der Waals surface area (Å²) >= 11 is 0. The lowest BCUT2D eigenvalue weighted by Gasteiger charge is -2.30. The van der Waals surface area contributed by atoms with Gasteiger partial charge in [-0.15, -0.1) is 0 Å². The number of nitrogens with zero attached hydrogens (tertiary/aromatic N) is 7. The predicted octanol–water partition coefficient (Wildman–Crippen LogP) is 3.49. The lowest BCUT2D eigenvalue weighted by atomic mass is 10.00. The fraction of sp³-hybridized carbons (Fsp3) is 0.440. The van der Waals surface area contributed by atoms with Crippen LogP contribution in [0.2, 0.25) is 0 Å². The molecule has 5 heterocycles. The van der Waals surface area contributed by atoms with Crippen molar-refractivity contribution >= 4 is 17.7 Å². The van der Waals surface area contributed by atoms with Gasteiger partial charge in [0.1, 0.15) is 5.69 Å². The molecule has 0 aliphatic carbocycles. The van der Waals surface area contributed by atoms with Crippen molar-refractivity contribution in [1.82, 2.24) is 29.8 Å². The van der Waals surface area contributed by atoms with E-state index in [0.717, 1.165) is 62.1 Å². The van der Waals surface area contributed by atoms with E-state index in [0.29, 0.717) is 11.5 Å². The highest BCUT2D eigenvalue weighted by atomic mass is 16.1. The number of hydrogen-bond donors (Lipinski definition) is 1. The van der Waals surface area contributed by atoms with E-state index in [1.807, 2.05) is 24.5 Å². The van der Waals surface area contributed by atoms with Crippen LogP contribution in [-0.4, -0.2) is 55.4 Å². The van der Waals surface area contributed by atoms with Gasteiger partial charge in [0.05, 0.1) is 17.9 Å². The minimum Gasteiger partial charge on any atom is -0.341 e. The molecular formula is C25H30N8O. The van der Waals surface area contributed by atoms with E-state index in [1.54, 1.807) is 18.5 Å². The predicted molar refractivity (Wildman–Crippen MR) is 129 cm³/mol. The van der Waals surface area contributed by atoms with E-state index in [2.05, 4.69) is 47.0 Å². The first-order chi connectivity index (χ1) is 16.7. The smallest absolute Gasteiger partial charge is 0.275 e. The van der Waals surface area contributed by atoms with Crippen LogP contribution in [0.5, 0.6) is 0 Å². The van der Waals surface area contributed by atoms with E-state index in [1.165, 1.54) is 19.0 Å². The number of likely N-dealkylation sites (tertiary alicyclic amines) is 1. The third kappa shape index (κ3) is 5.20. The normalized spacial score (nSPS) is 19.3. The average molecular weight is 459 g/mol. The summed E-state index contributed by atoms with van der Waals surface area (Å²) in [6.45, 7) is 6.11. The number of hydrogen-bond acceptors (Lipinski definition) is 8. The van der Waals surface area contributed by atoms with Crippen LogP contribution in [0.1, 0.15) is 60.4 Å². The molecule has 0 aromatic carbocycles. The summed E-state index contributed by atoms with van der Waals surface area (Å²) in [6, 6.07) is 5.77. The van der Waals surface area contributed by atoms with Crippen LogP contribution >= 0.6 is 0 Å². The third-order valence-electron chi connectivity index (χ3n) is 6.66. The Bertz CT molecular complexity index is 1100. The molecule has 2 aliphatic rings. The van der Waals surface area contributed by atoms with Gasteiger partial charge in [0.25, 0.3) is 5.91 Å². The standard InChI is InChI=1S/C25H30N8O/c1-18-7-12-32(13-8-18)25-28-14-19(15-29-25)17-33-11-3-6-22(33)20-4-2-5-21(30-20)24(34)31-23-16-26-9-10-27-23/h2,4-5,9-10,14-16,18,22H,3,6-8,11-13,17H2,1H3,(H,27,31,34). The number of nitrogens with one attached hydrogen (secondary N) is 1. The van der Waals surface area contributed by atoms with Crippen LogP contribution < -0.4 is 10.2 Å². The number of rotatable bonds is 6. The largest absolute Gasteiger partial charge is 0.341 e. The fourth-order valence-corrected chi connectivity index (χ4v) is 4.69. The summed E-state index contributed by atoms with van der Waals surface area (Å²) in [5.74, 6) is 1.73. The van der Waals surface area contributed by atoms with Crippen molar-refractivity contribution in [3.05, 3.63) is 66.1 Å². The zero-order valence-corrected chi connectivity index (χ0v) is 19.5. The topological polar surface area (TPSA) is 100 Å². The van der Waals surface area contributed by atoms with Gasteiger partial charge in [0.2, 0.25) is 5.95 Å². The van der Waals surface area contributed by atoms with Gasteiger partial charge in [-0.05, 0) is 50.3 Å². The molecule has 1 atom stereocenters. The first kappa shape index (κ1) is 22.3. The monoisotopic (exact) mass is 458 g/mol. The Morgan fingerprint density at radius 3 is 2.62 bits per heavy atom. The lowest BCUT2D eigenvalue weighted by Crippen LogP contribution is -2.34. The molecular weight excluding hydrogens is 428 g/mol. The zero-order chi connectivity index (χ0) is 23.3. The second-order valence-electron chi connectivity index (χ2n) is 9.18. The third-order valence-corrected chi connectivity index (χ3v) is 6.66. The number of amides is 1. The van der Waals surface area contributed by atoms with Crippen molar-refractivity contribution in [3.63, 3.8) is 0 Å². The maximum absolute atomic E-state index is 12.7. The summed E-state index contributed by atoms with van der Waals surface area (Å²) in [4.78, 5) is 39.4. The van der Waals surface area contributed by atoms with Gasteiger partial charge in [0, 0.05) is 50.0 Å². The van der Waals surface area contributed by atoms with E-state index < -0.39 is 0 Å². The van der Waals surface area contributed by atoms with Gasteiger partial charge in [0.15, 0.2) is 5.82 Å². The van der Waals surface area contributed by atoms with Crippen molar-refractivity contribution in [1.29, 1.82) is 0 Å². The highest BCUT2D eigenvalue weighted by Crippen LogP contribution is 2.32. The Balaban J connectivity index is 1.24. The molecule has 176 valence electrons. The van der Waals surface area contributed by atoms with Crippen LogP contribution in [0.15, 0.2) is 49.2 Å². The van der Waals surface area contributed by atoms with Crippen LogP contribution in [0.3, 0.4) is 0 Å². The summed E-state index contributed by atoms with van der Waals surface area (Å²) in [6.07, 6.45) is 13.0. The summed E-state index contributed by atoms with van der Waals surface area (Å²) in [7, 11) is 0. The first-order valence-corrected chi connectivity index (χ1v) is 12.0. The highest BCUT2D eigenvalue weighted by molar-refractivity contribution is 6.02. The van der Waals surface area contributed by atoms with Crippen LogP contribution in [0, 0.1) is 5.92 Å². The van der Waals surface area contributed by atoms with Crippen LogP contribution in [0.25, 0.3) is 0 Å². The number of piperidine rings is 1. The van der Waals surface area contributed by atoms with Crippen molar-refractivity contribution < 1.29 is 4.79 Å².